The van der Waals surface area contributed by atoms with Crippen molar-refractivity contribution in [3.63, 3.8) is 0 Å². The largest absolute Gasteiger partial charge is 0.337 e. The van der Waals surface area contributed by atoms with E-state index in [-0.39, 0.29) is 17.9 Å². The van der Waals surface area contributed by atoms with Crippen LogP contribution in [0.2, 0.25) is 5.02 Å². The molecule has 0 atom stereocenters. The third-order valence-electron chi connectivity index (χ3n) is 5.23. The zero-order valence-corrected chi connectivity index (χ0v) is 16.9. The number of benzene rings is 3. The Morgan fingerprint density at radius 3 is 2.03 bits per heavy atom. The molecule has 4 aromatic rings. The lowest BCUT2D eigenvalue weighted by molar-refractivity contribution is -0.132. The molecular formula is C24H21ClN2O2. The Morgan fingerprint density at radius 2 is 1.45 bits per heavy atom. The van der Waals surface area contributed by atoms with Gasteiger partial charge in [0.1, 0.15) is 6.54 Å². The van der Waals surface area contributed by atoms with Gasteiger partial charge in [0.05, 0.1) is 11.0 Å². The van der Waals surface area contributed by atoms with E-state index in [9.17, 15) is 9.59 Å². The summed E-state index contributed by atoms with van der Waals surface area (Å²) in [6.45, 7) is 3.13. The van der Waals surface area contributed by atoms with Crippen molar-refractivity contribution in [2.45, 2.75) is 20.0 Å². The fourth-order valence-corrected chi connectivity index (χ4v) is 3.89. The van der Waals surface area contributed by atoms with Crippen LogP contribution in [0, 0.1) is 0 Å². The quantitative estimate of drug-likeness (QED) is 0.446. The van der Waals surface area contributed by atoms with E-state index in [0.717, 1.165) is 16.6 Å². The van der Waals surface area contributed by atoms with Crippen LogP contribution in [0.4, 0.5) is 0 Å². The Hall–Kier alpha value is -3.11. The average Bonchev–Trinajstić information content (AvgIpc) is 2.76. The molecule has 0 aliphatic heterocycles. The standard InChI is InChI=1S/C24H21ClN2O2/c1-2-26(15-17-9-3-6-12-20(17)25)23(28)16-27-21-13-7-4-10-18(21)24(29)19-11-5-8-14-22(19)27/h3-14H,2,15-16H2,1H3. The summed E-state index contributed by atoms with van der Waals surface area (Å²) in [6, 6.07) is 22.4. The highest BCUT2D eigenvalue weighted by Crippen LogP contribution is 2.21. The van der Waals surface area contributed by atoms with Crippen molar-refractivity contribution in [2.24, 2.45) is 0 Å². The van der Waals surface area contributed by atoms with Crippen molar-refractivity contribution in [1.82, 2.24) is 9.47 Å². The number of rotatable bonds is 5. The van der Waals surface area contributed by atoms with Crippen LogP contribution in [0.3, 0.4) is 0 Å². The highest BCUT2D eigenvalue weighted by atomic mass is 35.5. The van der Waals surface area contributed by atoms with Gasteiger partial charge in [-0.3, -0.25) is 9.59 Å². The van der Waals surface area contributed by atoms with E-state index in [2.05, 4.69) is 0 Å². The van der Waals surface area contributed by atoms with Crippen molar-refractivity contribution in [2.75, 3.05) is 6.54 Å². The van der Waals surface area contributed by atoms with Crippen LogP contribution in [-0.2, 0) is 17.9 Å². The molecule has 4 rings (SSSR count). The molecule has 0 spiro atoms. The molecule has 29 heavy (non-hydrogen) atoms. The second-order valence-electron chi connectivity index (χ2n) is 6.95. The Bertz CT molecular complexity index is 1200. The second kappa shape index (κ2) is 8.10. The Balaban J connectivity index is 1.76. The molecular weight excluding hydrogens is 384 g/mol. The predicted octanol–water partition coefficient (Wildman–Crippen LogP) is 4.86. The van der Waals surface area contributed by atoms with Crippen molar-refractivity contribution < 1.29 is 4.79 Å². The second-order valence-corrected chi connectivity index (χ2v) is 7.36. The van der Waals surface area contributed by atoms with Gasteiger partial charge in [0.15, 0.2) is 5.43 Å². The SMILES string of the molecule is CCN(Cc1ccccc1Cl)C(=O)Cn1c2ccccc2c(=O)c2ccccc21. The zero-order valence-electron chi connectivity index (χ0n) is 16.1. The molecule has 5 heteroatoms. The summed E-state index contributed by atoms with van der Waals surface area (Å²) in [7, 11) is 0. The van der Waals surface area contributed by atoms with Crippen molar-refractivity contribution in [3.8, 4) is 0 Å². The van der Waals surface area contributed by atoms with Crippen LogP contribution < -0.4 is 5.43 Å². The summed E-state index contributed by atoms with van der Waals surface area (Å²) in [5.41, 5.74) is 2.43. The molecule has 0 unspecified atom stereocenters. The smallest absolute Gasteiger partial charge is 0.242 e. The average molecular weight is 405 g/mol. The first-order valence-corrected chi connectivity index (χ1v) is 9.99. The Labute approximate surface area is 173 Å². The summed E-state index contributed by atoms with van der Waals surface area (Å²) in [5.74, 6) is -0.0219. The molecule has 0 saturated heterocycles. The van der Waals surface area contributed by atoms with E-state index in [1.165, 1.54) is 0 Å². The fraction of sp³-hybridized carbons (Fsp3) is 0.167. The van der Waals surface area contributed by atoms with E-state index in [1.54, 1.807) is 4.90 Å². The third-order valence-corrected chi connectivity index (χ3v) is 5.59. The number of halogens is 1. The maximum Gasteiger partial charge on any atom is 0.242 e. The molecule has 0 fully saturated rings. The van der Waals surface area contributed by atoms with Crippen LogP contribution in [0.25, 0.3) is 21.8 Å². The number of aromatic nitrogens is 1. The van der Waals surface area contributed by atoms with E-state index in [4.69, 9.17) is 11.6 Å². The molecule has 1 heterocycles. The number of pyridine rings is 1. The molecule has 0 aliphatic carbocycles. The molecule has 146 valence electrons. The number of carbonyl (C=O) groups excluding carboxylic acids is 1. The normalized spacial score (nSPS) is 11.1. The van der Waals surface area contributed by atoms with Gasteiger partial charge >= 0.3 is 0 Å². The van der Waals surface area contributed by atoms with Gasteiger partial charge in [-0.05, 0) is 42.8 Å². The van der Waals surface area contributed by atoms with Crippen molar-refractivity contribution in [3.05, 3.63) is 93.6 Å². The molecule has 3 aromatic carbocycles. The Morgan fingerprint density at radius 1 is 0.897 bits per heavy atom. The predicted molar refractivity (Wildman–Crippen MR) is 118 cm³/mol. The summed E-state index contributed by atoms with van der Waals surface area (Å²) in [5, 5.41) is 1.89. The van der Waals surface area contributed by atoms with Gasteiger partial charge in [-0.2, -0.15) is 0 Å². The van der Waals surface area contributed by atoms with Crippen molar-refractivity contribution >= 4 is 39.3 Å². The third kappa shape index (κ3) is 3.64. The molecule has 0 radical (unpaired) electrons. The summed E-state index contributed by atoms with van der Waals surface area (Å²) in [4.78, 5) is 27.9. The van der Waals surface area contributed by atoms with Gasteiger partial charge in [0, 0.05) is 28.9 Å². The van der Waals surface area contributed by atoms with Gasteiger partial charge in [0.25, 0.3) is 0 Å². The molecule has 0 saturated carbocycles. The first-order valence-electron chi connectivity index (χ1n) is 9.61. The first kappa shape index (κ1) is 19.2. The van der Waals surface area contributed by atoms with E-state index in [0.29, 0.717) is 28.9 Å². The van der Waals surface area contributed by atoms with Crippen LogP contribution in [-0.4, -0.2) is 21.9 Å². The summed E-state index contributed by atoms with van der Waals surface area (Å²) in [6.07, 6.45) is 0. The molecule has 0 N–H and O–H groups in total. The number of amides is 1. The van der Waals surface area contributed by atoms with Crippen LogP contribution in [0.5, 0.6) is 0 Å². The highest BCUT2D eigenvalue weighted by Gasteiger charge is 2.17. The van der Waals surface area contributed by atoms with Crippen LogP contribution in [0.1, 0.15) is 12.5 Å². The topological polar surface area (TPSA) is 42.3 Å². The van der Waals surface area contributed by atoms with Gasteiger partial charge in [-0.25, -0.2) is 0 Å². The van der Waals surface area contributed by atoms with Gasteiger partial charge in [0.2, 0.25) is 5.91 Å². The molecule has 4 nitrogen and oxygen atoms in total. The van der Waals surface area contributed by atoms with E-state index >= 15 is 0 Å². The van der Waals surface area contributed by atoms with Gasteiger partial charge in [-0.15, -0.1) is 0 Å². The van der Waals surface area contributed by atoms with Crippen LogP contribution >= 0.6 is 11.6 Å². The van der Waals surface area contributed by atoms with Gasteiger partial charge < -0.3 is 9.47 Å². The van der Waals surface area contributed by atoms with Gasteiger partial charge in [-0.1, -0.05) is 54.1 Å². The minimum absolute atomic E-state index is 0.0108. The zero-order chi connectivity index (χ0) is 20.4. The number of likely N-dealkylation sites (N-methyl/N-ethyl adjacent to an activating group) is 1. The minimum atomic E-state index is -0.0219. The number of hydrogen-bond donors (Lipinski definition) is 0. The lowest BCUT2D eigenvalue weighted by Gasteiger charge is -2.23. The lowest BCUT2D eigenvalue weighted by Crippen LogP contribution is -2.33. The molecule has 0 aliphatic rings. The fourth-order valence-electron chi connectivity index (χ4n) is 3.69. The summed E-state index contributed by atoms with van der Waals surface area (Å²) < 4.78 is 1.93. The number of hydrogen-bond acceptors (Lipinski definition) is 2. The highest BCUT2D eigenvalue weighted by molar-refractivity contribution is 6.31. The first-order chi connectivity index (χ1) is 14.1. The number of carbonyl (C=O) groups is 1. The lowest BCUT2D eigenvalue weighted by atomic mass is 10.1. The maximum atomic E-state index is 13.2. The maximum absolute atomic E-state index is 13.2. The van der Waals surface area contributed by atoms with E-state index in [1.807, 2.05) is 84.3 Å². The molecule has 1 amide bonds. The monoisotopic (exact) mass is 404 g/mol. The number of nitrogens with zero attached hydrogens (tertiary/aromatic N) is 2. The molecule has 1 aromatic heterocycles. The van der Waals surface area contributed by atoms with Crippen molar-refractivity contribution in [1.29, 1.82) is 0 Å². The number of para-hydroxylation sites is 2. The Kier molecular flexibility index (Phi) is 5.36. The summed E-state index contributed by atoms with van der Waals surface area (Å²) >= 11 is 6.29. The molecule has 0 bridgehead atoms. The van der Waals surface area contributed by atoms with Crippen LogP contribution in [0.15, 0.2) is 77.6 Å². The van der Waals surface area contributed by atoms with E-state index < -0.39 is 0 Å². The minimum Gasteiger partial charge on any atom is -0.337 e. The number of fused-ring (bicyclic) bond motifs is 2.